The van der Waals surface area contributed by atoms with E-state index in [9.17, 15) is 14.4 Å². The second kappa shape index (κ2) is 7.72. The molecule has 144 valence electrons. The summed E-state index contributed by atoms with van der Waals surface area (Å²) < 4.78 is 11.6. The Morgan fingerprint density at radius 1 is 1.00 bits per heavy atom. The zero-order valence-electron chi connectivity index (χ0n) is 15.3. The lowest BCUT2D eigenvalue weighted by Gasteiger charge is -2.15. The Hall–Kier alpha value is -3.35. The van der Waals surface area contributed by atoms with Gasteiger partial charge in [0, 0.05) is 18.7 Å². The first-order chi connectivity index (χ1) is 13.6. The minimum absolute atomic E-state index is 0.0345. The molecule has 0 saturated carbocycles. The van der Waals surface area contributed by atoms with Gasteiger partial charge in [-0.25, -0.2) is 4.79 Å². The number of hydrogen-bond donors (Lipinski definition) is 0. The number of carbonyl (C=O) groups excluding carboxylic acids is 2. The molecule has 1 amide bonds. The summed E-state index contributed by atoms with van der Waals surface area (Å²) in [7, 11) is 0. The third kappa shape index (κ3) is 3.69. The van der Waals surface area contributed by atoms with Crippen LogP contribution in [0.5, 0.6) is 0 Å². The highest BCUT2D eigenvalue weighted by Gasteiger charge is 2.19. The van der Waals surface area contributed by atoms with Gasteiger partial charge in [0.05, 0.1) is 5.52 Å². The Morgan fingerprint density at radius 3 is 2.46 bits per heavy atom. The van der Waals surface area contributed by atoms with Crippen LogP contribution in [0.3, 0.4) is 0 Å². The second-order valence-electron chi connectivity index (χ2n) is 6.78. The number of fused-ring (bicyclic) bond motifs is 1. The summed E-state index contributed by atoms with van der Waals surface area (Å²) in [6, 6.07) is 13.9. The molecule has 1 aliphatic heterocycles. The van der Waals surface area contributed by atoms with E-state index in [1.54, 1.807) is 48.5 Å². The average molecular weight is 380 g/mol. The zero-order chi connectivity index (χ0) is 19.5. The lowest BCUT2D eigenvalue weighted by Crippen LogP contribution is -2.27. The molecule has 0 atom stereocenters. The lowest BCUT2D eigenvalue weighted by molar-refractivity contribution is -0.145. The molecule has 7 nitrogen and oxygen atoms in total. The Kier molecular flexibility index (Phi) is 4.97. The summed E-state index contributed by atoms with van der Waals surface area (Å²) in [5, 5.41) is 0. The third-order valence-corrected chi connectivity index (χ3v) is 4.85. The smallest absolute Gasteiger partial charge is 0.420 e. The standard InChI is InChI=1S/C21H20N2O5/c24-19(13-23-17-5-1-2-6-18(17)28-21(23)26)27-14-15-7-9-16(10-8-15)20(25)22-11-3-4-12-22/h1-2,5-10H,3-4,11-14H2. The van der Waals surface area contributed by atoms with Crippen LogP contribution in [0.25, 0.3) is 11.1 Å². The summed E-state index contributed by atoms with van der Waals surface area (Å²) >= 11 is 0. The fourth-order valence-electron chi connectivity index (χ4n) is 3.35. The van der Waals surface area contributed by atoms with Crippen molar-refractivity contribution in [1.82, 2.24) is 9.47 Å². The number of rotatable bonds is 5. The maximum Gasteiger partial charge on any atom is 0.420 e. The molecule has 0 N–H and O–H groups in total. The van der Waals surface area contributed by atoms with Crippen molar-refractivity contribution >= 4 is 23.0 Å². The van der Waals surface area contributed by atoms with E-state index < -0.39 is 11.7 Å². The lowest BCUT2D eigenvalue weighted by atomic mass is 10.1. The van der Waals surface area contributed by atoms with E-state index in [2.05, 4.69) is 0 Å². The van der Waals surface area contributed by atoms with Crippen molar-refractivity contribution in [3.63, 3.8) is 0 Å². The van der Waals surface area contributed by atoms with Gasteiger partial charge in [-0.1, -0.05) is 24.3 Å². The number of para-hydroxylation sites is 2. The number of amides is 1. The molecule has 0 unspecified atom stereocenters. The van der Waals surface area contributed by atoms with Gasteiger partial charge in [0.25, 0.3) is 5.91 Å². The molecule has 2 heterocycles. The second-order valence-corrected chi connectivity index (χ2v) is 6.78. The first kappa shape index (κ1) is 18.0. The topological polar surface area (TPSA) is 81.7 Å². The summed E-state index contributed by atoms with van der Waals surface area (Å²) in [4.78, 5) is 38.2. The molecule has 1 aliphatic rings. The van der Waals surface area contributed by atoms with Crippen LogP contribution in [0.1, 0.15) is 28.8 Å². The Labute approximate surface area is 161 Å². The minimum atomic E-state index is -0.595. The Bertz CT molecular complexity index is 1060. The van der Waals surface area contributed by atoms with Gasteiger partial charge in [0.15, 0.2) is 5.58 Å². The van der Waals surface area contributed by atoms with Crippen LogP contribution in [0.2, 0.25) is 0 Å². The Morgan fingerprint density at radius 2 is 1.71 bits per heavy atom. The third-order valence-electron chi connectivity index (χ3n) is 4.85. The molecule has 28 heavy (non-hydrogen) atoms. The number of oxazole rings is 1. The van der Waals surface area contributed by atoms with Crippen molar-refractivity contribution in [2.45, 2.75) is 26.0 Å². The highest BCUT2D eigenvalue weighted by Crippen LogP contribution is 2.15. The van der Waals surface area contributed by atoms with Crippen molar-refractivity contribution in [1.29, 1.82) is 0 Å². The number of carbonyl (C=O) groups is 2. The van der Waals surface area contributed by atoms with E-state index in [-0.39, 0.29) is 19.1 Å². The quantitative estimate of drug-likeness (QED) is 0.636. The van der Waals surface area contributed by atoms with Crippen molar-refractivity contribution < 1.29 is 18.7 Å². The van der Waals surface area contributed by atoms with Crippen LogP contribution < -0.4 is 5.76 Å². The van der Waals surface area contributed by atoms with Crippen LogP contribution in [0.15, 0.2) is 57.7 Å². The van der Waals surface area contributed by atoms with Gasteiger partial charge in [-0.05, 0) is 42.7 Å². The van der Waals surface area contributed by atoms with E-state index in [1.165, 1.54) is 4.57 Å². The molecule has 3 aromatic rings. The number of likely N-dealkylation sites (tertiary alicyclic amines) is 1. The maximum absolute atomic E-state index is 12.3. The number of esters is 1. The predicted molar refractivity (Wildman–Crippen MR) is 102 cm³/mol. The van der Waals surface area contributed by atoms with Crippen LogP contribution in [0.4, 0.5) is 0 Å². The molecule has 7 heteroatoms. The fourth-order valence-corrected chi connectivity index (χ4v) is 3.35. The highest BCUT2D eigenvalue weighted by atomic mass is 16.5. The number of benzene rings is 2. The molecule has 1 fully saturated rings. The van der Waals surface area contributed by atoms with Gasteiger partial charge in [-0.15, -0.1) is 0 Å². The molecule has 2 aromatic carbocycles. The van der Waals surface area contributed by atoms with E-state index in [0.717, 1.165) is 31.5 Å². The summed E-state index contributed by atoms with van der Waals surface area (Å²) in [6.45, 7) is 1.46. The molecule has 0 aliphatic carbocycles. The van der Waals surface area contributed by atoms with Crippen molar-refractivity contribution in [3.05, 3.63) is 70.2 Å². The molecule has 1 saturated heterocycles. The van der Waals surface area contributed by atoms with Crippen molar-refractivity contribution in [2.24, 2.45) is 0 Å². The molecule has 0 radical (unpaired) electrons. The molecular formula is C21H20N2O5. The van der Waals surface area contributed by atoms with Crippen LogP contribution in [-0.4, -0.2) is 34.4 Å². The SMILES string of the molecule is O=C(Cn1c(=O)oc2ccccc21)OCc1ccc(C(=O)N2CCCC2)cc1. The van der Waals surface area contributed by atoms with Gasteiger partial charge in [0.2, 0.25) is 0 Å². The first-order valence-electron chi connectivity index (χ1n) is 9.24. The minimum Gasteiger partial charge on any atom is -0.459 e. The van der Waals surface area contributed by atoms with Gasteiger partial charge < -0.3 is 14.1 Å². The highest BCUT2D eigenvalue weighted by molar-refractivity contribution is 5.94. The number of nitrogens with zero attached hydrogens (tertiary/aromatic N) is 2. The summed E-state index contributed by atoms with van der Waals surface area (Å²) in [6.07, 6.45) is 2.10. The molecule has 0 bridgehead atoms. The van der Waals surface area contributed by atoms with Gasteiger partial charge in [0.1, 0.15) is 13.2 Å². The van der Waals surface area contributed by atoms with Crippen LogP contribution in [0, 0.1) is 0 Å². The van der Waals surface area contributed by atoms with Crippen LogP contribution in [-0.2, 0) is 22.7 Å². The van der Waals surface area contributed by atoms with E-state index >= 15 is 0 Å². The number of ether oxygens (including phenoxy) is 1. The average Bonchev–Trinajstić information content (AvgIpc) is 3.35. The normalized spacial score (nSPS) is 13.8. The monoisotopic (exact) mass is 380 g/mol. The summed E-state index contributed by atoms with van der Waals surface area (Å²) in [5.41, 5.74) is 2.39. The van der Waals surface area contributed by atoms with Gasteiger partial charge in [-0.2, -0.15) is 0 Å². The van der Waals surface area contributed by atoms with E-state index in [1.807, 2.05) is 4.90 Å². The zero-order valence-corrected chi connectivity index (χ0v) is 15.3. The fraction of sp³-hybridized carbons (Fsp3) is 0.286. The van der Waals surface area contributed by atoms with Crippen molar-refractivity contribution in [2.75, 3.05) is 13.1 Å². The van der Waals surface area contributed by atoms with Gasteiger partial charge >= 0.3 is 11.7 Å². The Balaban J connectivity index is 1.36. The largest absolute Gasteiger partial charge is 0.459 e. The summed E-state index contributed by atoms with van der Waals surface area (Å²) in [5.74, 6) is -1.10. The maximum atomic E-state index is 12.3. The molecular weight excluding hydrogens is 360 g/mol. The van der Waals surface area contributed by atoms with E-state index in [0.29, 0.717) is 16.7 Å². The van der Waals surface area contributed by atoms with E-state index in [4.69, 9.17) is 9.15 Å². The van der Waals surface area contributed by atoms with Crippen molar-refractivity contribution in [3.8, 4) is 0 Å². The molecule has 4 rings (SSSR count). The first-order valence-corrected chi connectivity index (χ1v) is 9.24. The predicted octanol–water partition coefficient (Wildman–Crippen LogP) is 2.57. The number of hydrogen-bond acceptors (Lipinski definition) is 5. The molecule has 1 aromatic heterocycles. The van der Waals surface area contributed by atoms with Crippen LogP contribution >= 0.6 is 0 Å². The number of aromatic nitrogens is 1. The van der Waals surface area contributed by atoms with Gasteiger partial charge in [-0.3, -0.25) is 14.2 Å². The molecule has 0 spiro atoms.